The zero-order valence-electron chi connectivity index (χ0n) is 16.4. The van der Waals surface area contributed by atoms with Crippen LogP contribution in [-0.4, -0.2) is 21.1 Å². The van der Waals surface area contributed by atoms with E-state index in [4.69, 9.17) is 16.6 Å². The molecule has 0 bridgehead atoms. The van der Waals surface area contributed by atoms with E-state index in [1.54, 1.807) is 31.2 Å². The van der Waals surface area contributed by atoms with Crippen LogP contribution in [0.5, 0.6) is 5.75 Å². The number of fused-ring (bicyclic) bond motifs is 1. The number of nitrogens with one attached hydrogen (secondary N) is 2. The highest BCUT2D eigenvalue weighted by Crippen LogP contribution is 2.36. The Kier molecular flexibility index (Phi) is 5.20. The minimum Gasteiger partial charge on any atom is -0.507 e. The molecule has 0 atom stereocenters. The van der Waals surface area contributed by atoms with E-state index >= 15 is 0 Å². The maximum Gasteiger partial charge on any atom is 0.257 e. The summed E-state index contributed by atoms with van der Waals surface area (Å²) in [5.74, 6) is 0.0811. The Hall–Kier alpha value is -3.71. The first kappa shape index (κ1) is 19.6. The molecule has 0 radical (unpaired) electrons. The lowest BCUT2D eigenvalue weighted by molar-refractivity contribution is 0.0977. The van der Waals surface area contributed by atoms with E-state index in [9.17, 15) is 9.90 Å². The zero-order chi connectivity index (χ0) is 21.3. The van der Waals surface area contributed by atoms with Crippen molar-refractivity contribution in [1.29, 1.82) is 0 Å². The standard InChI is InChI=1S/C23H19N3O3S/c1-13-7-3-4-8-16(13)21(28)26-23(30)24-15-11-14(2)20(27)17(12-15)22-25-18-9-5-6-10-19(18)29-22/h3-12,27H,1-2H3,(H2,24,26,28,30). The minimum atomic E-state index is -0.291. The Morgan fingerprint density at radius 2 is 1.77 bits per heavy atom. The van der Waals surface area contributed by atoms with Gasteiger partial charge in [-0.25, -0.2) is 4.98 Å². The molecule has 6 nitrogen and oxygen atoms in total. The Morgan fingerprint density at radius 3 is 2.53 bits per heavy atom. The minimum absolute atomic E-state index is 0.0713. The Labute approximate surface area is 178 Å². The van der Waals surface area contributed by atoms with E-state index in [1.807, 2.05) is 43.3 Å². The zero-order valence-corrected chi connectivity index (χ0v) is 17.2. The van der Waals surface area contributed by atoms with Gasteiger partial charge in [0.05, 0.1) is 5.56 Å². The van der Waals surface area contributed by atoms with Crippen molar-refractivity contribution >= 4 is 40.0 Å². The SMILES string of the molecule is Cc1ccccc1C(=O)NC(=S)Nc1cc(C)c(O)c(-c2nc3ccccc3o2)c1. The summed E-state index contributed by atoms with van der Waals surface area (Å²) >= 11 is 5.30. The van der Waals surface area contributed by atoms with Crippen LogP contribution in [0.2, 0.25) is 0 Å². The maximum atomic E-state index is 12.5. The van der Waals surface area contributed by atoms with Gasteiger partial charge in [-0.3, -0.25) is 10.1 Å². The Morgan fingerprint density at radius 1 is 1.03 bits per heavy atom. The topological polar surface area (TPSA) is 87.4 Å². The normalized spacial score (nSPS) is 10.7. The molecule has 0 aliphatic carbocycles. The summed E-state index contributed by atoms with van der Waals surface area (Å²) in [6, 6.07) is 18.1. The largest absolute Gasteiger partial charge is 0.507 e. The molecule has 7 heteroatoms. The van der Waals surface area contributed by atoms with Crippen LogP contribution in [0.15, 0.2) is 65.1 Å². The highest BCUT2D eigenvalue weighted by molar-refractivity contribution is 7.80. The first-order chi connectivity index (χ1) is 14.4. The van der Waals surface area contributed by atoms with Gasteiger partial charge in [0.1, 0.15) is 11.3 Å². The van der Waals surface area contributed by atoms with Crippen molar-refractivity contribution in [2.24, 2.45) is 0 Å². The van der Waals surface area contributed by atoms with Crippen LogP contribution in [0.4, 0.5) is 5.69 Å². The van der Waals surface area contributed by atoms with Gasteiger partial charge < -0.3 is 14.8 Å². The summed E-state index contributed by atoms with van der Waals surface area (Å²) in [5.41, 5.74) is 4.38. The van der Waals surface area contributed by atoms with E-state index in [-0.39, 0.29) is 16.8 Å². The number of nitrogens with zero attached hydrogens (tertiary/aromatic N) is 1. The third-order valence-electron chi connectivity index (χ3n) is 4.70. The molecule has 0 fully saturated rings. The average Bonchev–Trinajstić information content (AvgIpc) is 3.14. The first-order valence-electron chi connectivity index (χ1n) is 9.30. The monoisotopic (exact) mass is 417 g/mol. The van der Waals surface area contributed by atoms with E-state index in [2.05, 4.69) is 15.6 Å². The predicted octanol–water partition coefficient (Wildman–Crippen LogP) is 4.94. The number of rotatable bonds is 3. The molecule has 1 amide bonds. The van der Waals surface area contributed by atoms with Crippen LogP contribution in [0, 0.1) is 13.8 Å². The van der Waals surface area contributed by atoms with Crippen LogP contribution in [0.3, 0.4) is 0 Å². The van der Waals surface area contributed by atoms with E-state index in [0.29, 0.717) is 39.4 Å². The molecular formula is C23H19N3O3S. The van der Waals surface area contributed by atoms with Crippen molar-refractivity contribution in [3.8, 4) is 17.2 Å². The second kappa shape index (κ2) is 7.96. The number of para-hydroxylation sites is 2. The fraction of sp³-hybridized carbons (Fsp3) is 0.0870. The molecule has 0 aliphatic rings. The number of carbonyl (C=O) groups excluding carboxylic acids is 1. The van der Waals surface area contributed by atoms with Crippen LogP contribution in [0.25, 0.3) is 22.6 Å². The van der Waals surface area contributed by atoms with Crippen LogP contribution in [-0.2, 0) is 0 Å². The van der Waals surface area contributed by atoms with Gasteiger partial charge in [-0.2, -0.15) is 0 Å². The molecule has 4 rings (SSSR count). The molecule has 0 unspecified atom stereocenters. The number of thiocarbonyl (C=S) groups is 1. The molecular weight excluding hydrogens is 398 g/mol. The summed E-state index contributed by atoms with van der Waals surface area (Å²) in [6.07, 6.45) is 0. The smallest absolute Gasteiger partial charge is 0.257 e. The maximum absolute atomic E-state index is 12.5. The molecule has 1 aromatic heterocycles. The second-order valence-electron chi connectivity index (χ2n) is 6.90. The molecule has 0 saturated carbocycles. The summed E-state index contributed by atoms with van der Waals surface area (Å²) in [6.45, 7) is 3.63. The van der Waals surface area contributed by atoms with Gasteiger partial charge in [0.2, 0.25) is 5.89 Å². The van der Waals surface area contributed by atoms with Crippen LogP contribution >= 0.6 is 12.2 Å². The average molecular weight is 417 g/mol. The number of amides is 1. The number of aromatic nitrogens is 1. The first-order valence-corrected chi connectivity index (χ1v) is 9.70. The number of phenolic OH excluding ortho intramolecular Hbond substituents is 1. The lowest BCUT2D eigenvalue weighted by atomic mass is 10.1. The predicted molar refractivity (Wildman–Crippen MR) is 121 cm³/mol. The van der Waals surface area contributed by atoms with Crippen molar-refractivity contribution in [2.75, 3.05) is 5.32 Å². The van der Waals surface area contributed by atoms with Gasteiger partial charge in [-0.15, -0.1) is 0 Å². The Bertz CT molecular complexity index is 1250. The Balaban J connectivity index is 1.58. The van der Waals surface area contributed by atoms with Gasteiger partial charge in [0, 0.05) is 11.3 Å². The highest BCUT2D eigenvalue weighted by atomic mass is 32.1. The van der Waals surface area contributed by atoms with Crippen molar-refractivity contribution in [3.63, 3.8) is 0 Å². The number of anilines is 1. The number of hydrogen-bond acceptors (Lipinski definition) is 5. The van der Waals surface area contributed by atoms with Crippen molar-refractivity contribution < 1.29 is 14.3 Å². The molecule has 0 spiro atoms. The molecule has 0 saturated heterocycles. The quantitative estimate of drug-likeness (QED) is 0.323. The lowest BCUT2D eigenvalue weighted by Gasteiger charge is -2.13. The number of aromatic hydroxyl groups is 1. The van der Waals surface area contributed by atoms with E-state index < -0.39 is 0 Å². The van der Waals surface area contributed by atoms with Gasteiger partial charge in [-0.1, -0.05) is 30.3 Å². The number of benzene rings is 3. The highest BCUT2D eigenvalue weighted by Gasteiger charge is 2.16. The van der Waals surface area contributed by atoms with Gasteiger partial charge >= 0.3 is 0 Å². The number of aryl methyl sites for hydroxylation is 2. The molecule has 4 aromatic rings. The summed E-state index contributed by atoms with van der Waals surface area (Å²) in [5, 5.41) is 16.4. The molecule has 150 valence electrons. The number of carbonyl (C=O) groups is 1. The van der Waals surface area contributed by atoms with Crippen LogP contribution in [0.1, 0.15) is 21.5 Å². The number of hydrogen-bond donors (Lipinski definition) is 3. The number of phenols is 1. The van der Waals surface area contributed by atoms with Gasteiger partial charge in [0.15, 0.2) is 10.7 Å². The molecule has 30 heavy (non-hydrogen) atoms. The molecule has 0 aliphatic heterocycles. The number of oxazole rings is 1. The summed E-state index contributed by atoms with van der Waals surface area (Å²) in [7, 11) is 0. The van der Waals surface area contributed by atoms with Crippen molar-refractivity contribution in [3.05, 3.63) is 77.4 Å². The summed E-state index contributed by atoms with van der Waals surface area (Å²) < 4.78 is 5.78. The van der Waals surface area contributed by atoms with E-state index in [0.717, 1.165) is 5.56 Å². The van der Waals surface area contributed by atoms with Crippen molar-refractivity contribution in [2.45, 2.75) is 13.8 Å². The third kappa shape index (κ3) is 3.88. The fourth-order valence-corrected chi connectivity index (χ4v) is 3.37. The molecule has 3 aromatic carbocycles. The lowest BCUT2D eigenvalue weighted by Crippen LogP contribution is -2.34. The molecule has 1 heterocycles. The van der Waals surface area contributed by atoms with Crippen LogP contribution < -0.4 is 10.6 Å². The van der Waals surface area contributed by atoms with Crippen molar-refractivity contribution in [1.82, 2.24) is 10.3 Å². The fourth-order valence-electron chi connectivity index (χ4n) is 3.16. The van der Waals surface area contributed by atoms with E-state index in [1.165, 1.54) is 0 Å². The third-order valence-corrected chi connectivity index (χ3v) is 4.90. The van der Waals surface area contributed by atoms with Gasteiger partial charge in [-0.05, 0) is 67.5 Å². The summed E-state index contributed by atoms with van der Waals surface area (Å²) in [4.78, 5) is 16.9. The van der Waals surface area contributed by atoms with Gasteiger partial charge in [0.25, 0.3) is 5.91 Å². The molecule has 3 N–H and O–H groups in total. The second-order valence-corrected chi connectivity index (χ2v) is 7.31.